The van der Waals surface area contributed by atoms with Crippen molar-refractivity contribution in [2.75, 3.05) is 0 Å². The van der Waals surface area contributed by atoms with Gasteiger partial charge in [-0.2, -0.15) is 0 Å². The minimum atomic E-state index is 0.110. The number of imidazole rings is 1. The van der Waals surface area contributed by atoms with Crippen molar-refractivity contribution in [3.63, 3.8) is 0 Å². The minimum Gasteiger partial charge on any atom is -0.325 e. The molecule has 4 nitrogen and oxygen atoms in total. The Morgan fingerprint density at radius 1 is 1.50 bits per heavy atom. The van der Waals surface area contributed by atoms with Crippen LogP contribution in [-0.4, -0.2) is 19.9 Å². The first-order chi connectivity index (χ1) is 7.68. The Labute approximate surface area is 94.5 Å². The molecule has 2 heterocycles. The molecule has 0 atom stereocenters. The quantitative estimate of drug-likeness (QED) is 0.845. The van der Waals surface area contributed by atoms with Crippen molar-refractivity contribution in [1.29, 1.82) is 0 Å². The van der Waals surface area contributed by atoms with Gasteiger partial charge in [0, 0.05) is 23.6 Å². The molecule has 0 spiro atoms. The van der Waals surface area contributed by atoms with Gasteiger partial charge >= 0.3 is 0 Å². The second-order valence-corrected chi connectivity index (χ2v) is 4.80. The average molecular weight is 216 g/mol. The number of aryl methyl sites for hydroxylation is 2. The smallest absolute Gasteiger partial charge is 0.234 e. The molecule has 2 N–H and O–H groups in total. The highest BCUT2D eigenvalue weighted by Gasteiger charge is 2.37. The largest absolute Gasteiger partial charge is 0.325 e. The molecule has 0 amide bonds. The fourth-order valence-electron chi connectivity index (χ4n) is 2.12. The van der Waals surface area contributed by atoms with Crippen LogP contribution < -0.4 is 5.73 Å². The SMILES string of the molecule is Cc1nc2ncccn2c1CCC1(N)CC1. The van der Waals surface area contributed by atoms with Gasteiger partial charge in [-0.3, -0.25) is 4.40 Å². The third kappa shape index (κ3) is 1.59. The van der Waals surface area contributed by atoms with Crippen LogP contribution in [-0.2, 0) is 6.42 Å². The number of nitrogens with zero attached hydrogens (tertiary/aromatic N) is 3. The monoisotopic (exact) mass is 216 g/mol. The Hall–Kier alpha value is -1.42. The zero-order valence-electron chi connectivity index (χ0n) is 9.48. The second-order valence-electron chi connectivity index (χ2n) is 4.80. The molecular formula is C12H16N4. The summed E-state index contributed by atoms with van der Waals surface area (Å²) in [7, 11) is 0. The van der Waals surface area contributed by atoms with E-state index in [0.29, 0.717) is 0 Å². The molecule has 2 aromatic rings. The Morgan fingerprint density at radius 2 is 2.31 bits per heavy atom. The van der Waals surface area contributed by atoms with Crippen LogP contribution in [0, 0.1) is 6.92 Å². The van der Waals surface area contributed by atoms with Gasteiger partial charge in [0.2, 0.25) is 5.78 Å². The highest BCUT2D eigenvalue weighted by molar-refractivity contribution is 5.35. The molecule has 16 heavy (non-hydrogen) atoms. The first-order valence-corrected chi connectivity index (χ1v) is 5.75. The Kier molecular flexibility index (Phi) is 2.01. The zero-order chi connectivity index (χ0) is 11.2. The lowest BCUT2D eigenvalue weighted by Crippen LogP contribution is -2.22. The summed E-state index contributed by atoms with van der Waals surface area (Å²) in [6, 6.07) is 1.94. The van der Waals surface area contributed by atoms with Gasteiger partial charge in [-0.15, -0.1) is 0 Å². The summed E-state index contributed by atoms with van der Waals surface area (Å²) in [6.07, 6.45) is 8.18. The van der Waals surface area contributed by atoms with Gasteiger partial charge in [0.1, 0.15) is 0 Å². The minimum absolute atomic E-state index is 0.110. The highest BCUT2D eigenvalue weighted by atomic mass is 15.1. The van der Waals surface area contributed by atoms with Crippen molar-refractivity contribution < 1.29 is 0 Å². The van der Waals surface area contributed by atoms with Gasteiger partial charge in [-0.05, 0) is 38.7 Å². The molecular weight excluding hydrogens is 200 g/mol. The van der Waals surface area contributed by atoms with Crippen LogP contribution in [0.25, 0.3) is 5.78 Å². The van der Waals surface area contributed by atoms with Crippen molar-refractivity contribution in [3.05, 3.63) is 29.8 Å². The molecule has 4 heteroatoms. The van der Waals surface area contributed by atoms with Crippen LogP contribution >= 0.6 is 0 Å². The molecule has 0 unspecified atom stereocenters. The highest BCUT2D eigenvalue weighted by Crippen LogP contribution is 2.36. The molecule has 0 aliphatic heterocycles. The van der Waals surface area contributed by atoms with Gasteiger partial charge < -0.3 is 5.73 Å². The molecule has 0 radical (unpaired) electrons. The third-order valence-corrected chi connectivity index (χ3v) is 3.45. The molecule has 1 aliphatic rings. The molecule has 1 aliphatic carbocycles. The summed E-state index contributed by atoms with van der Waals surface area (Å²) < 4.78 is 2.07. The fourth-order valence-corrected chi connectivity index (χ4v) is 2.12. The molecule has 1 saturated carbocycles. The average Bonchev–Trinajstić information content (AvgIpc) is 2.91. The topological polar surface area (TPSA) is 56.2 Å². The van der Waals surface area contributed by atoms with Gasteiger partial charge in [0.15, 0.2) is 0 Å². The van der Waals surface area contributed by atoms with Crippen molar-refractivity contribution in [2.24, 2.45) is 5.73 Å². The summed E-state index contributed by atoms with van der Waals surface area (Å²) in [6.45, 7) is 2.04. The zero-order valence-corrected chi connectivity index (χ0v) is 9.48. The summed E-state index contributed by atoms with van der Waals surface area (Å²) in [4.78, 5) is 8.69. The maximum atomic E-state index is 6.11. The first kappa shape index (κ1) is 9.78. The van der Waals surface area contributed by atoms with Crippen LogP contribution in [0.2, 0.25) is 0 Å². The van der Waals surface area contributed by atoms with Crippen LogP contribution in [0.15, 0.2) is 18.5 Å². The number of hydrogen-bond donors (Lipinski definition) is 1. The van der Waals surface area contributed by atoms with Crippen LogP contribution in [0.1, 0.15) is 30.7 Å². The summed E-state index contributed by atoms with van der Waals surface area (Å²) in [5.74, 6) is 0.789. The molecule has 1 fully saturated rings. The van der Waals surface area contributed by atoms with Gasteiger partial charge in [-0.1, -0.05) is 0 Å². The number of aromatic nitrogens is 3. The molecule has 3 rings (SSSR count). The number of fused-ring (bicyclic) bond motifs is 1. The maximum absolute atomic E-state index is 6.11. The predicted octanol–water partition coefficient (Wildman–Crippen LogP) is 1.46. The van der Waals surface area contributed by atoms with E-state index in [1.54, 1.807) is 6.20 Å². The van der Waals surface area contributed by atoms with E-state index in [1.165, 1.54) is 18.5 Å². The maximum Gasteiger partial charge on any atom is 0.234 e. The van der Waals surface area contributed by atoms with E-state index in [9.17, 15) is 0 Å². The summed E-state index contributed by atoms with van der Waals surface area (Å²) in [5, 5.41) is 0. The van der Waals surface area contributed by atoms with E-state index >= 15 is 0 Å². The van der Waals surface area contributed by atoms with E-state index in [4.69, 9.17) is 5.73 Å². The lowest BCUT2D eigenvalue weighted by atomic mass is 10.1. The fraction of sp³-hybridized carbons (Fsp3) is 0.500. The van der Waals surface area contributed by atoms with Gasteiger partial charge in [0.25, 0.3) is 0 Å². The van der Waals surface area contributed by atoms with E-state index in [0.717, 1.165) is 24.3 Å². The normalized spacial score (nSPS) is 17.9. The van der Waals surface area contributed by atoms with E-state index in [2.05, 4.69) is 14.4 Å². The van der Waals surface area contributed by atoms with Crippen molar-refractivity contribution in [1.82, 2.24) is 14.4 Å². The van der Waals surface area contributed by atoms with Crippen LogP contribution in [0.5, 0.6) is 0 Å². The molecule has 0 aromatic carbocycles. The summed E-state index contributed by atoms with van der Waals surface area (Å²) in [5.41, 5.74) is 8.54. The van der Waals surface area contributed by atoms with E-state index in [-0.39, 0.29) is 5.54 Å². The molecule has 0 bridgehead atoms. The predicted molar refractivity (Wildman–Crippen MR) is 62.2 cm³/mol. The standard InChI is InChI=1S/C12H16N4/c1-9-10(3-4-12(13)5-6-12)16-8-2-7-14-11(16)15-9/h2,7-8H,3-6,13H2,1H3. The van der Waals surface area contributed by atoms with Gasteiger partial charge in [0.05, 0.1) is 5.69 Å². The van der Waals surface area contributed by atoms with Crippen LogP contribution in [0.4, 0.5) is 0 Å². The van der Waals surface area contributed by atoms with Gasteiger partial charge in [-0.25, -0.2) is 9.97 Å². The van der Waals surface area contributed by atoms with E-state index < -0.39 is 0 Å². The number of hydrogen-bond acceptors (Lipinski definition) is 3. The Morgan fingerprint density at radius 3 is 3.06 bits per heavy atom. The van der Waals surface area contributed by atoms with Crippen molar-refractivity contribution in [3.8, 4) is 0 Å². The Balaban J connectivity index is 1.92. The first-order valence-electron chi connectivity index (χ1n) is 5.75. The van der Waals surface area contributed by atoms with E-state index in [1.807, 2.05) is 19.2 Å². The lowest BCUT2D eigenvalue weighted by molar-refractivity contribution is 0.600. The molecule has 2 aromatic heterocycles. The third-order valence-electron chi connectivity index (χ3n) is 3.45. The Bertz CT molecular complexity index is 525. The molecule has 0 saturated heterocycles. The number of nitrogens with two attached hydrogens (primary N) is 1. The number of rotatable bonds is 3. The lowest BCUT2D eigenvalue weighted by Gasteiger charge is -2.08. The van der Waals surface area contributed by atoms with Crippen molar-refractivity contribution in [2.45, 2.75) is 38.1 Å². The summed E-state index contributed by atoms with van der Waals surface area (Å²) >= 11 is 0. The van der Waals surface area contributed by atoms with Crippen LogP contribution in [0.3, 0.4) is 0 Å². The van der Waals surface area contributed by atoms with Crippen molar-refractivity contribution >= 4 is 5.78 Å². The molecule has 84 valence electrons. The second kappa shape index (κ2) is 3.28.